The first-order valence-electron chi connectivity index (χ1n) is 12.1. The predicted octanol–water partition coefficient (Wildman–Crippen LogP) is 6.42. The van der Waals surface area contributed by atoms with Gasteiger partial charge >= 0.3 is 0 Å². The lowest BCUT2D eigenvalue weighted by atomic mass is 10.2. The van der Waals surface area contributed by atoms with E-state index in [4.69, 9.17) is 0 Å². The molecule has 38 heavy (non-hydrogen) atoms. The van der Waals surface area contributed by atoms with Gasteiger partial charge in [0.25, 0.3) is 0 Å². The Morgan fingerprint density at radius 2 is 1.32 bits per heavy atom. The van der Waals surface area contributed by atoms with Crippen molar-refractivity contribution in [2.75, 3.05) is 10.7 Å². The largest absolute Gasteiger partial charge is 0.280 e. The van der Waals surface area contributed by atoms with E-state index < -0.39 is 0 Å². The van der Waals surface area contributed by atoms with Crippen LogP contribution in [0.15, 0.2) is 107 Å². The summed E-state index contributed by atoms with van der Waals surface area (Å²) in [7, 11) is 0. The van der Waals surface area contributed by atoms with E-state index in [1.165, 1.54) is 23.5 Å². The lowest BCUT2D eigenvalue weighted by Crippen LogP contribution is -2.27. The van der Waals surface area contributed by atoms with Gasteiger partial charge < -0.3 is 0 Å². The zero-order chi connectivity index (χ0) is 26.3. The number of nitrogens with zero attached hydrogens (tertiary/aromatic N) is 6. The van der Waals surface area contributed by atoms with Crippen LogP contribution in [0.4, 0.5) is 11.4 Å². The Kier molecular flexibility index (Phi) is 8.15. The smallest absolute Gasteiger partial charge is 0.242 e. The minimum atomic E-state index is -0.0467. The first-order chi connectivity index (χ1) is 18.6. The second kappa shape index (κ2) is 12.1. The molecule has 2 aromatic heterocycles. The van der Waals surface area contributed by atoms with Crippen molar-refractivity contribution < 1.29 is 4.79 Å². The molecule has 0 radical (unpaired) electrons. The van der Waals surface area contributed by atoms with Crippen LogP contribution >= 0.6 is 23.5 Å². The Morgan fingerprint density at radius 1 is 0.763 bits per heavy atom. The van der Waals surface area contributed by atoms with Gasteiger partial charge in [-0.25, -0.2) is 9.97 Å². The molecule has 0 N–H and O–H groups in total. The average Bonchev–Trinajstić information content (AvgIpc) is 3.35. The van der Waals surface area contributed by atoms with Crippen LogP contribution in [-0.4, -0.2) is 36.4 Å². The fourth-order valence-corrected chi connectivity index (χ4v) is 5.68. The summed E-state index contributed by atoms with van der Waals surface area (Å²) in [6, 6.07) is 31.3. The third kappa shape index (κ3) is 6.12. The molecule has 0 bridgehead atoms. The lowest BCUT2D eigenvalue weighted by molar-refractivity contribution is -0.115. The lowest BCUT2D eigenvalue weighted by Gasteiger charge is -2.23. The number of carbonyl (C=O) groups is 1. The van der Waals surface area contributed by atoms with Gasteiger partial charge in [-0.1, -0.05) is 78.1 Å². The summed E-state index contributed by atoms with van der Waals surface area (Å²) in [6.45, 7) is 3.93. The molecule has 0 aliphatic rings. The molecule has 5 aromatic rings. The Balaban J connectivity index is 1.39. The first kappa shape index (κ1) is 25.7. The molecule has 0 aliphatic carbocycles. The number of rotatable bonds is 9. The van der Waals surface area contributed by atoms with E-state index in [0.29, 0.717) is 16.1 Å². The molecule has 0 atom stereocenters. The van der Waals surface area contributed by atoms with Gasteiger partial charge in [-0.05, 0) is 56.3 Å². The number of thioether (sulfide) groups is 2. The topological polar surface area (TPSA) is 76.8 Å². The van der Waals surface area contributed by atoms with Crippen molar-refractivity contribution >= 4 is 40.8 Å². The molecule has 0 saturated heterocycles. The van der Waals surface area contributed by atoms with Gasteiger partial charge in [0.1, 0.15) is 5.82 Å². The summed E-state index contributed by atoms with van der Waals surface area (Å²) >= 11 is 2.89. The molecule has 9 heteroatoms. The molecule has 190 valence electrons. The molecule has 0 spiro atoms. The highest BCUT2D eigenvalue weighted by atomic mass is 32.2. The monoisotopic (exact) mass is 538 g/mol. The van der Waals surface area contributed by atoms with Gasteiger partial charge in [0.2, 0.25) is 5.91 Å². The highest BCUT2D eigenvalue weighted by Crippen LogP contribution is 2.29. The molecule has 3 aromatic carbocycles. The zero-order valence-corrected chi connectivity index (χ0v) is 22.7. The van der Waals surface area contributed by atoms with Crippen molar-refractivity contribution in [1.29, 1.82) is 0 Å². The van der Waals surface area contributed by atoms with Crippen molar-refractivity contribution in [2.45, 2.75) is 29.9 Å². The van der Waals surface area contributed by atoms with Gasteiger partial charge in [-0.3, -0.25) is 14.3 Å². The van der Waals surface area contributed by atoms with Crippen LogP contribution in [-0.2, 0) is 10.5 Å². The van der Waals surface area contributed by atoms with E-state index in [1.807, 2.05) is 115 Å². The van der Waals surface area contributed by atoms with Crippen molar-refractivity contribution in [1.82, 2.24) is 24.7 Å². The molecule has 0 saturated carbocycles. The number of aromatic nitrogens is 5. The van der Waals surface area contributed by atoms with Gasteiger partial charge in [0.15, 0.2) is 10.3 Å². The fourth-order valence-electron chi connectivity index (χ4n) is 3.99. The van der Waals surface area contributed by atoms with Crippen LogP contribution in [0.1, 0.15) is 17.2 Å². The summed E-state index contributed by atoms with van der Waals surface area (Å²) in [6.07, 6.45) is 0. The minimum Gasteiger partial charge on any atom is -0.280 e. The average molecular weight is 539 g/mol. The number of amides is 1. The van der Waals surface area contributed by atoms with Crippen molar-refractivity contribution in [3.05, 3.63) is 114 Å². The summed E-state index contributed by atoms with van der Waals surface area (Å²) in [4.78, 5) is 24.4. The first-order valence-corrected chi connectivity index (χ1v) is 14.1. The number of benzene rings is 3. The molecule has 0 fully saturated rings. The maximum atomic E-state index is 13.6. The molecular formula is C29H26N6OS2. The van der Waals surface area contributed by atoms with E-state index in [9.17, 15) is 4.79 Å². The number of carbonyl (C=O) groups excluding carboxylic acids is 1. The van der Waals surface area contributed by atoms with Gasteiger partial charge in [-0.15, -0.1) is 10.2 Å². The zero-order valence-electron chi connectivity index (χ0n) is 21.1. The minimum absolute atomic E-state index is 0.0467. The highest BCUT2D eigenvalue weighted by molar-refractivity contribution is 7.99. The molecule has 7 nitrogen and oxygen atoms in total. The Labute approximate surface area is 230 Å². The molecule has 0 unspecified atom stereocenters. The quantitative estimate of drug-likeness (QED) is 0.158. The van der Waals surface area contributed by atoms with Crippen LogP contribution in [0.3, 0.4) is 0 Å². The number of hydrogen-bond donors (Lipinski definition) is 0. The molecular weight excluding hydrogens is 512 g/mol. The molecule has 1 amide bonds. The Hall–Kier alpha value is -3.95. The van der Waals surface area contributed by atoms with Crippen molar-refractivity contribution in [2.24, 2.45) is 0 Å². The van der Waals surface area contributed by atoms with E-state index in [0.717, 1.165) is 34.3 Å². The highest BCUT2D eigenvalue weighted by Gasteiger charge is 2.21. The predicted molar refractivity (Wildman–Crippen MR) is 153 cm³/mol. The molecule has 2 heterocycles. The summed E-state index contributed by atoms with van der Waals surface area (Å²) in [5.74, 6) is 1.46. The van der Waals surface area contributed by atoms with Crippen LogP contribution in [0.2, 0.25) is 0 Å². The molecule has 0 aliphatic heterocycles. The summed E-state index contributed by atoms with van der Waals surface area (Å²) in [5, 5.41) is 10.3. The maximum Gasteiger partial charge on any atom is 0.242 e. The number of para-hydroxylation sites is 3. The third-order valence-corrected chi connectivity index (χ3v) is 7.37. The van der Waals surface area contributed by atoms with Crippen LogP contribution in [0.25, 0.3) is 5.69 Å². The van der Waals surface area contributed by atoms with E-state index in [2.05, 4.69) is 20.2 Å². The Morgan fingerprint density at radius 3 is 1.89 bits per heavy atom. The van der Waals surface area contributed by atoms with Crippen LogP contribution in [0.5, 0.6) is 0 Å². The van der Waals surface area contributed by atoms with Gasteiger partial charge in [0, 0.05) is 28.5 Å². The van der Waals surface area contributed by atoms with E-state index >= 15 is 0 Å². The number of aryl methyl sites for hydroxylation is 2. The summed E-state index contributed by atoms with van der Waals surface area (Å²) in [5.41, 5.74) is 4.44. The second-order valence-corrected chi connectivity index (χ2v) is 10.4. The van der Waals surface area contributed by atoms with E-state index in [-0.39, 0.29) is 11.7 Å². The van der Waals surface area contributed by atoms with Crippen molar-refractivity contribution in [3.63, 3.8) is 0 Å². The van der Waals surface area contributed by atoms with Gasteiger partial charge in [0.05, 0.1) is 11.5 Å². The number of hydrogen-bond acceptors (Lipinski definition) is 7. The SMILES string of the molecule is Cc1cc(C)nc(SCc2nnc(SCC(=O)N(c3ccccc3)c3ccccc3)n2-c2ccccc2)n1. The fraction of sp³-hybridized carbons (Fsp3) is 0.138. The van der Waals surface area contributed by atoms with Crippen LogP contribution in [0, 0.1) is 13.8 Å². The molecule has 5 rings (SSSR count). The Bertz CT molecular complexity index is 1450. The summed E-state index contributed by atoms with van der Waals surface area (Å²) < 4.78 is 2.00. The normalized spacial score (nSPS) is 10.9. The second-order valence-electron chi connectivity index (χ2n) is 8.48. The van der Waals surface area contributed by atoms with E-state index in [1.54, 1.807) is 4.90 Å². The third-order valence-electron chi connectivity index (χ3n) is 5.61. The van der Waals surface area contributed by atoms with Gasteiger partial charge in [-0.2, -0.15) is 0 Å². The van der Waals surface area contributed by atoms with Crippen LogP contribution < -0.4 is 4.90 Å². The maximum absolute atomic E-state index is 13.6. The van der Waals surface area contributed by atoms with Crippen molar-refractivity contribution in [3.8, 4) is 5.69 Å². The standard InChI is InChI=1S/C29H26N6OS2/c1-21-18-22(2)31-28(30-21)37-19-26-32-33-29(35(26)25-16-10-5-11-17-25)38-20-27(36)34(23-12-6-3-7-13-23)24-14-8-4-9-15-24/h3-18H,19-20H2,1-2H3. The number of anilines is 2.